The van der Waals surface area contributed by atoms with Gasteiger partial charge >= 0.3 is 0 Å². The number of aliphatic imine (C=N–C) groups is 2. The molecule has 0 radical (unpaired) electrons. The summed E-state index contributed by atoms with van der Waals surface area (Å²) < 4.78 is 0. The number of amidine groups is 1. The molecule has 0 N–H and O–H groups in total. The minimum Gasteiger partial charge on any atom is -0.369 e. The second-order valence-corrected chi connectivity index (χ2v) is 2.07. The summed E-state index contributed by atoms with van der Waals surface area (Å²) in [5.41, 5.74) is 0. The van der Waals surface area contributed by atoms with E-state index in [1.165, 1.54) is 6.20 Å². The van der Waals surface area contributed by atoms with Crippen molar-refractivity contribution >= 4 is 12.2 Å². The van der Waals surface area contributed by atoms with Crippen molar-refractivity contribution in [1.82, 2.24) is 4.90 Å². The van der Waals surface area contributed by atoms with Crippen molar-refractivity contribution in [3.63, 3.8) is 0 Å². The van der Waals surface area contributed by atoms with E-state index in [1.54, 1.807) is 6.34 Å². The predicted octanol–water partition coefficient (Wildman–Crippen LogP) is 1.14. The first-order valence-electron chi connectivity index (χ1n) is 3.02. The molecule has 3 nitrogen and oxygen atoms in total. The van der Waals surface area contributed by atoms with Gasteiger partial charge in [0, 0.05) is 20.3 Å². The van der Waals surface area contributed by atoms with Crippen LogP contribution in [0, 0.1) is 0 Å². The van der Waals surface area contributed by atoms with Crippen molar-refractivity contribution < 1.29 is 0 Å². The molecule has 0 heterocycles. The molecular formula is C7H13N3. The molecule has 0 aliphatic rings. The van der Waals surface area contributed by atoms with Gasteiger partial charge < -0.3 is 4.90 Å². The van der Waals surface area contributed by atoms with E-state index < -0.39 is 0 Å². The molecule has 0 aromatic heterocycles. The molecule has 56 valence electrons. The molecule has 0 saturated carbocycles. The van der Waals surface area contributed by atoms with Gasteiger partial charge in [-0.15, -0.1) is 0 Å². The average molecular weight is 139 g/mol. The van der Waals surface area contributed by atoms with Gasteiger partial charge in [-0.1, -0.05) is 6.58 Å². The zero-order chi connectivity index (χ0) is 7.98. The third kappa shape index (κ3) is 5.03. The first-order valence-corrected chi connectivity index (χ1v) is 3.02. The Morgan fingerprint density at radius 1 is 1.50 bits per heavy atom. The molecule has 0 aliphatic heterocycles. The number of hydrogen-bond donors (Lipinski definition) is 0. The molecule has 0 spiro atoms. The standard InChI is InChI=1S/C7H13N3/c1-5-8-7(2)9-6-10(3)4/h5-6H,1H2,2-4H3/b8-7+,9-6-. The quantitative estimate of drug-likeness (QED) is 0.416. The minimum absolute atomic E-state index is 0.712. The molecule has 0 amide bonds. The van der Waals surface area contributed by atoms with Crippen LogP contribution in [0.5, 0.6) is 0 Å². The lowest BCUT2D eigenvalue weighted by molar-refractivity contribution is 0.644. The molecule has 0 aliphatic carbocycles. The normalized spacial score (nSPS) is 12.1. The lowest BCUT2D eigenvalue weighted by Crippen LogP contribution is -2.08. The highest BCUT2D eigenvalue weighted by Crippen LogP contribution is 1.79. The zero-order valence-corrected chi connectivity index (χ0v) is 6.70. The Bertz CT molecular complexity index is 156. The summed E-state index contributed by atoms with van der Waals surface area (Å²) in [7, 11) is 3.81. The lowest BCUT2D eigenvalue weighted by atomic mass is 10.7. The fourth-order valence-electron chi connectivity index (χ4n) is 0.364. The SMILES string of the molecule is C=C/N=C(C)/N=C\N(C)C. The van der Waals surface area contributed by atoms with E-state index in [2.05, 4.69) is 16.6 Å². The maximum atomic E-state index is 3.99. The van der Waals surface area contributed by atoms with Crippen molar-refractivity contribution in [3.05, 3.63) is 12.8 Å². The number of rotatable bonds is 2. The molecule has 0 atom stereocenters. The van der Waals surface area contributed by atoms with Crippen LogP contribution >= 0.6 is 0 Å². The van der Waals surface area contributed by atoms with Gasteiger partial charge in [-0.3, -0.25) is 0 Å². The molecule has 10 heavy (non-hydrogen) atoms. The topological polar surface area (TPSA) is 28.0 Å². The van der Waals surface area contributed by atoms with E-state index in [-0.39, 0.29) is 0 Å². The highest BCUT2D eigenvalue weighted by Gasteiger charge is 1.80. The Morgan fingerprint density at radius 2 is 2.10 bits per heavy atom. The molecule has 0 aromatic rings. The predicted molar refractivity (Wildman–Crippen MR) is 45.5 cm³/mol. The number of hydrogen-bond acceptors (Lipinski definition) is 1. The van der Waals surface area contributed by atoms with Crippen LogP contribution < -0.4 is 0 Å². The maximum Gasteiger partial charge on any atom is 0.126 e. The summed E-state index contributed by atoms with van der Waals surface area (Å²) in [6.07, 6.45) is 3.17. The Kier molecular flexibility index (Phi) is 4.20. The third-order valence-electron chi connectivity index (χ3n) is 0.754. The Labute approximate surface area is 61.8 Å². The molecule has 0 bridgehead atoms. The van der Waals surface area contributed by atoms with Gasteiger partial charge in [0.25, 0.3) is 0 Å². The minimum atomic E-state index is 0.712. The Hall–Kier alpha value is -1.12. The van der Waals surface area contributed by atoms with E-state index in [1.807, 2.05) is 25.9 Å². The van der Waals surface area contributed by atoms with Crippen molar-refractivity contribution in [3.8, 4) is 0 Å². The van der Waals surface area contributed by atoms with Crippen LogP contribution in [0.3, 0.4) is 0 Å². The molecule has 0 fully saturated rings. The van der Waals surface area contributed by atoms with Crippen molar-refractivity contribution in [2.45, 2.75) is 6.92 Å². The first kappa shape index (κ1) is 8.88. The van der Waals surface area contributed by atoms with E-state index in [0.29, 0.717) is 5.84 Å². The van der Waals surface area contributed by atoms with E-state index in [4.69, 9.17) is 0 Å². The molecule has 0 rings (SSSR count). The van der Waals surface area contributed by atoms with E-state index in [9.17, 15) is 0 Å². The van der Waals surface area contributed by atoms with Crippen LogP contribution in [0.2, 0.25) is 0 Å². The van der Waals surface area contributed by atoms with Crippen LogP contribution in [0.15, 0.2) is 22.8 Å². The second-order valence-electron chi connectivity index (χ2n) is 2.07. The van der Waals surface area contributed by atoms with Gasteiger partial charge in [0.2, 0.25) is 0 Å². The highest BCUT2D eigenvalue weighted by atomic mass is 15.1. The summed E-state index contributed by atoms with van der Waals surface area (Å²) in [5, 5.41) is 0. The Morgan fingerprint density at radius 3 is 2.50 bits per heavy atom. The van der Waals surface area contributed by atoms with Crippen molar-refractivity contribution in [1.29, 1.82) is 0 Å². The van der Waals surface area contributed by atoms with Crippen molar-refractivity contribution in [2.75, 3.05) is 14.1 Å². The third-order valence-corrected chi connectivity index (χ3v) is 0.754. The summed E-state index contributed by atoms with van der Waals surface area (Å²) in [6, 6.07) is 0. The van der Waals surface area contributed by atoms with Gasteiger partial charge in [-0.05, 0) is 6.92 Å². The van der Waals surface area contributed by atoms with Crippen molar-refractivity contribution in [2.24, 2.45) is 9.98 Å². The van der Waals surface area contributed by atoms with Crippen LogP contribution in [0.1, 0.15) is 6.92 Å². The smallest absolute Gasteiger partial charge is 0.126 e. The fraction of sp³-hybridized carbons (Fsp3) is 0.429. The second kappa shape index (κ2) is 4.73. The summed E-state index contributed by atoms with van der Waals surface area (Å²) in [5.74, 6) is 0.712. The summed E-state index contributed by atoms with van der Waals surface area (Å²) in [6.45, 7) is 5.27. The highest BCUT2D eigenvalue weighted by molar-refractivity contribution is 5.87. The molecule has 0 unspecified atom stereocenters. The van der Waals surface area contributed by atoms with Gasteiger partial charge in [-0.25, -0.2) is 9.98 Å². The van der Waals surface area contributed by atoms with Crippen LogP contribution in [-0.4, -0.2) is 31.2 Å². The van der Waals surface area contributed by atoms with Gasteiger partial charge in [0.15, 0.2) is 0 Å². The zero-order valence-electron chi connectivity index (χ0n) is 6.70. The van der Waals surface area contributed by atoms with Gasteiger partial charge in [0.1, 0.15) is 5.84 Å². The molecular weight excluding hydrogens is 126 g/mol. The fourth-order valence-corrected chi connectivity index (χ4v) is 0.364. The Balaban J connectivity index is 3.88. The van der Waals surface area contributed by atoms with E-state index >= 15 is 0 Å². The van der Waals surface area contributed by atoms with Crippen LogP contribution in [-0.2, 0) is 0 Å². The summed E-state index contributed by atoms with van der Waals surface area (Å²) >= 11 is 0. The van der Waals surface area contributed by atoms with Gasteiger partial charge in [0.05, 0.1) is 6.34 Å². The maximum absolute atomic E-state index is 3.99. The molecule has 0 aromatic carbocycles. The largest absolute Gasteiger partial charge is 0.369 e. The molecule has 3 heteroatoms. The van der Waals surface area contributed by atoms with Crippen LogP contribution in [0.4, 0.5) is 0 Å². The molecule has 0 saturated heterocycles. The van der Waals surface area contributed by atoms with Gasteiger partial charge in [-0.2, -0.15) is 0 Å². The summed E-state index contributed by atoms with van der Waals surface area (Å²) in [4.78, 5) is 9.69. The average Bonchev–Trinajstić information content (AvgIpc) is 1.85. The first-order chi connectivity index (χ1) is 4.66. The number of nitrogens with zero attached hydrogens (tertiary/aromatic N) is 3. The monoisotopic (exact) mass is 139 g/mol. The van der Waals surface area contributed by atoms with Crippen LogP contribution in [0.25, 0.3) is 0 Å². The lowest BCUT2D eigenvalue weighted by Gasteiger charge is -2.00. The van der Waals surface area contributed by atoms with E-state index in [0.717, 1.165) is 0 Å².